The molecule has 55 heavy (non-hydrogen) atoms. The van der Waals surface area contributed by atoms with Gasteiger partial charge >= 0.3 is 30.0 Å². The van der Waals surface area contributed by atoms with E-state index in [4.69, 9.17) is 35.2 Å². The van der Waals surface area contributed by atoms with Crippen LogP contribution in [0.4, 0.5) is 33.3 Å². The van der Waals surface area contributed by atoms with Gasteiger partial charge in [-0.3, -0.25) is 0 Å². The van der Waals surface area contributed by atoms with Gasteiger partial charge in [0, 0.05) is 29.9 Å². The monoisotopic (exact) mass is 768 g/mol. The molecule has 4 aromatic carbocycles. The van der Waals surface area contributed by atoms with E-state index in [1.807, 2.05) is 0 Å². The molecule has 0 fully saturated rings. The first-order valence-corrected chi connectivity index (χ1v) is 16.6. The largest absolute Gasteiger partial charge is 0.497 e. The lowest BCUT2D eigenvalue weighted by Gasteiger charge is -2.19. The van der Waals surface area contributed by atoms with E-state index in [1.54, 1.807) is 67.8 Å². The maximum atomic E-state index is 13.0. The van der Waals surface area contributed by atoms with Gasteiger partial charge in [0.05, 0.1) is 25.2 Å². The number of benzene rings is 4. The molecule has 1 unspecified atom stereocenters. The van der Waals surface area contributed by atoms with Gasteiger partial charge in [-0.2, -0.15) is 22.0 Å². The van der Waals surface area contributed by atoms with E-state index >= 15 is 0 Å². The molecule has 0 bridgehead atoms. The molecule has 0 saturated carbocycles. The van der Waals surface area contributed by atoms with Crippen LogP contribution in [0.25, 0.3) is 12.2 Å². The van der Waals surface area contributed by atoms with Crippen LogP contribution in [0.2, 0.25) is 0 Å². The highest BCUT2D eigenvalue weighted by Crippen LogP contribution is 2.38. The molecule has 0 spiro atoms. The third-order valence-electron chi connectivity index (χ3n) is 7.84. The van der Waals surface area contributed by atoms with E-state index in [2.05, 4.69) is 0 Å². The quantitative estimate of drug-likeness (QED) is 0.0270. The molecule has 10 nitrogen and oxygen atoms in total. The summed E-state index contributed by atoms with van der Waals surface area (Å²) < 4.78 is 89.4. The van der Waals surface area contributed by atoms with Gasteiger partial charge in [-0.05, 0) is 95.9 Å². The summed E-state index contributed by atoms with van der Waals surface area (Å²) in [6, 6.07) is 23.5. The SMILES string of the molecule is COc1ccc(/C=C/C(=O)OCC(COC(=O)/C=C/c2ccc(OC(=O)c3ccc(OCCCC(F)(F)C(F)(F)F)cc3)cc2)c2ccc(N)cc2N)cc1. The van der Waals surface area contributed by atoms with Crippen molar-refractivity contribution in [3.63, 3.8) is 0 Å². The zero-order valence-electron chi connectivity index (χ0n) is 29.4. The van der Waals surface area contributed by atoms with E-state index < -0.39 is 48.8 Å². The Bertz CT molecular complexity index is 1960. The molecule has 15 heteroatoms. The fraction of sp³-hybridized carbons (Fsp3) is 0.225. The number of carbonyl (C=O) groups is 3. The minimum atomic E-state index is -5.62. The highest BCUT2D eigenvalue weighted by molar-refractivity contribution is 5.91. The zero-order valence-corrected chi connectivity index (χ0v) is 29.4. The minimum absolute atomic E-state index is 0.126. The summed E-state index contributed by atoms with van der Waals surface area (Å²) in [6.45, 7) is -0.696. The molecule has 0 aromatic heterocycles. The molecular weight excluding hydrogens is 731 g/mol. The van der Waals surface area contributed by atoms with Crippen molar-refractivity contribution in [2.45, 2.75) is 30.9 Å². The summed E-state index contributed by atoms with van der Waals surface area (Å²) in [6.07, 6.45) is -2.03. The Hall–Kier alpha value is -6.38. The normalized spacial score (nSPS) is 12.3. The molecule has 0 aliphatic rings. The van der Waals surface area contributed by atoms with Crippen LogP contribution >= 0.6 is 0 Å². The number of halogens is 5. The van der Waals surface area contributed by atoms with Crippen molar-refractivity contribution in [3.05, 3.63) is 125 Å². The first-order valence-electron chi connectivity index (χ1n) is 16.6. The number of methoxy groups -OCH3 is 1. The van der Waals surface area contributed by atoms with Gasteiger partial charge < -0.3 is 35.2 Å². The van der Waals surface area contributed by atoms with Crippen molar-refractivity contribution in [1.82, 2.24) is 0 Å². The number of anilines is 2. The summed E-state index contributed by atoms with van der Waals surface area (Å²) >= 11 is 0. The first-order chi connectivity index (χ1) is 26.1. The van der Waals surface area contributed by atoms with Gasteiger partial charge in [-0.15, -0.1) is 0 Å². The van der Waals surface area contributed by atoms with E-state index in [9.17, 15) is 36.3 Å². The third kappa shape index (κ3) is 12.9. The highest BCUT2D eigenvalue weighted by atomic mass is 19.4. The Morgan fingerprint density at radius 3 is 1.75 bits per heavy atom. The summed E-state index contributed by atoms with van der Waals surface area (Å²) in [5.41, 5.74) is 14.8. The van der Waals surface area contributed by atoms with Crippen molar-refractivity contribution < 1.29 is 60.0 Å². The number of esters is 3. The predicted octanol–water partition coefficient (Wildman–Crippen LogP) is 8.03. The average Bonchev–Trinajstić information content (AvgIpc) is 3.15. The molecule has 1 atom stereocenters. The molecule has 0 saturated heterocycles. The molecule has 0 heterocycles. The number of ether oxygens (including phenoxy) is 5. The Labute approximate surface area is 313 Å². The molecule has 0 aliphatic carbocycles. The summed E-state index contributed by atoms with van der Waals surface area (Å²) in [4.78, 5) is 37.7. The van der Waals surface area contributed by atoms with E-state index in [0.29, 0.717) is 28.3 Å². The fourth-order valence-corrected chi connectivity index (χ4v) is 4.82. The Morgan fingerprint density at radius 2 is 1.24 bits per heavy atom. The highest BCUT2D eigenvalue weighted by Gasteiger charge is 2.56. The van der Waals surface area contributed by atoms with Crippen LogP contribution in [-0.2, 0) is 19.1 Å². The van der Waals surface area contributed by atoms with Crippen LogP contribution in [0, 0.1) is 0 Å². The van der Waals surface area contributed by atoms with Gasteiger partial charge in [-0.1, -0.05) is 30.3 Å². The maximum Gasteiger partial charge on any atom is 0.453 e. The van der Waals surface area contributed by atoms with Crippen LogP contribution in [0.3, 0.4) is 0 Å². The lowest BCUT2D eigenvalue weighted by atomic mass is 9.98. The van der Waals surface area contributed by atoms with Gasteiger partial charge in [-0.25, -0.2) is 14.4 Å². The number of nitrogen functional groups attached to an aromatic ring is 2. The summed E-state index contributed by atoms with van der Waals surface area (Å²) in [5, 5.41) is 0. The van der Waals surface area contributed by atoms with E-state index in [-0.39, 0.29) is 36.9 Å². The smallest absolute Gasteiger partial charge is 0.453 e. The van der Waals surface area contributed by atoms with Gasteiger partial charge in [0.1, 0.15) is 30.5 Å². The van der Waals surface area contributed by atoms with Crippen LogP contribution in [0.1, 0.15) is 45.8 Å². The van der Waals surface area contributed by atoms with Crippen molar-refractivity contribution in [3.8, 4) is 17.2 Å². The molecule has 0 radical (unpaired) electrons. The van der Waals surface area contributed by atoms with Crippen LogP contribution in [-0.4, -0.2) is 56.9 Å². The van der Waals surface area contributed by atoms with Crippen molar-refractivity contribution in [1.29, 1.82) is 0 Å². The van der Waals surface area contributed by atoms with Crippen molar-refractivity contribution in [2.24, 2.45) is 0 Å². The Morgan fingerprint density at radius 1 is 0.709 bits per heavy atom. The maximum absolute atomic E-state index is 13.0. The average molecular weight is 769 g/mol. The molecule has 0 amide bonds. The molecule has 4 aromatic rings. The number of hydrogen-bond donors (Lipinski definition) is 2. The van der Waals surface area contributed by atoms with Crippen molar-refractivity contribution >= 4 is 41.4 Å². The Balaban J connectivity index is 1.26. The predicted molar refractivity (Wildman–Crippen MR) is 195 cm³/mol. The van der Waals surface area contributed by atoms with Crippen molar-refractivity contribution in [2.75, 3.05) is 38.4 Å². The minimum Gasteiger partial charge on any atom is -0.497 e. The van der Waals surface area contributed by atoms with Gasteiger partial charge in [0.2, 0.25) is 0 Å². The standard InChI is InChI=1S/C40H37F5N2O8/c1-51-31-12-3-26(4-13-31)7-19-36(48)53-24-29(34-18-11-30(46)23-35(34)47)25-54-37(49)20-8-27-5-14-33(15-6-27)55-38(50)28-9-16-32(17-10-28)52-22-2-21-39(41,42)40(43,44)45/h3-20,23,29H,2,21-22,24-25,46-47H2,1H3/b19-7+,20-8+. The van der Waals surface area contributed by atoms with Crippen LogP contribution in [0.15, 0.2) is 103 Å². The second kappa shape index (κ2) is 19.1. The molecule has 290 valence electrons. The fourth-order valence-electron chi connectivity index (χ4n) is 4.82. The molecular formula is C40H37F5N2O8. The first kappa shape index (κ1) is 41.4. The zero-order chi connectivity index (χ0) is 40.0. The Kier molecular flexibility index (Phi) is 14.4. The second-order valence-corrected chi connectivity index (χ2v) is 11.9. The number of alkyl halides is 5. The second-order valence-electron chi connectivity index (χ2n) is 11.9. The van der Waals surface area contributed by atoms with Gasteiger partial charge in [0.25, 0.3) is 0 Å². The molecule has 4 N–H and O–H groups in total. The number of carbonyl (C=O) groups excluding carboxylic acids is 3. The lowest BCUT2D eigenvalue weighted by Crippen LogP contribution is -2.36. The summed E-state index contributed by atoms with van der Waals surface area (Å²) in [7, 11) is 1.55. The number of nitrogens with two attached hydrogens (primary N) is 2. The number of rotatable bonds is 17. The lowest BCUT2D eigenvalue weighted by molar-refractivity contribution is -0.284. The molecule has 4 rings (SSSR count). The molecule has 0 aliphatic heterocycles. The number of hydrogen-bond acceptors (Lipinski definition) is 10. The van der Waals surface area contributed by atoms with Crippen LogP contribution < -0.4 is 25.7 Å². The third-order valence-corrected chi connectivity index (χ3v) is 7.84. The topological polar surface area (TPSA) is 149 Å². The van der Waals surface area contributed by atoms with E-state index in [1.165, 1.54) is 54.6 Å². The van der Waals surface area contributed by atoms with Gasteiger partial charge in [0.15, 0.2) is 0 Å². The van der Waals surface area contributed by atoms with E-state index in [0.717, 1.165) is 5.56 Å². The summed E-state index contributed by atoms with van der Waals surface area (Å²) in [5.74, 6) is -6.41. The van der Waals surface area contributed by atoms with Crippen LogP contribution in [0.5, 0.6) is 17.2 Å².